The summed E-state index contributed by atoms with van der Waals surface area (Å²) >= 11 is 13.3. The van der Waals surface area contributed by atoms with Crippen molar-refractivity contribution in [1.82, 2.24) is 4.98 Å². The van der Waals surface area contributed by atoms with Crippen LogP contribution in [-0.2, 0) is 0 Å². The minimum atomic E-state index is 0.0457. The molecule has 3 aromatic rings. The van der Waals surface area contributed by atoms with E-state index in [0.29, 0.717) is 31.7 Å². The van der Waals surface area contributed by atoms with Gasteiger partial charge >= 0.3 is 0 Å². The van der Waals surface area contributed by atoms with E-state index in [2.05, 4.69) is 78.7 Å². The summed E-state index contributed by atoms with van der Waals surface area (Å²) in [6.45, 7) is 0. The van der Waals surface area contributed by atoms with Gasteiger partial charge in [0.15, 0.2) is 11.6 Å². The fourth-order valence-electron chi connectivity index (χ4n) is 2.19. The molecule has 0 bridgehead atoms. The third-order valence-corrected chi connectivity index (χ3v) is 5.62. The molecule has 0 aliphatic carbocycles. The highest BCUT2D eigenvalue weighted by atomic mass is 79.9. The second kappa shape index (κ2) is 9.30. The zero-order valence-corrected chi connectivity index (χ0v) is 20.3. The average Bonchev–Trinajstić information content (AvgIpc) is 2.65. The fourth-order valence-corrected chi connectivity index (χ4v) is 4.65. The first-order valence-electron chi connectivity index (χ1n) is 7.74. The maximum Gasteiger partial charge on any atom is 0.155 e. The molecule has 0 aliphatic rings. The molecule has 9 heteroatoms. The normalized spacial score (nSPS) is 11.6. The van der Waals surface area contributed by atoms with Gasteiger partial charge in [0.25, 0.3) is 0 Å². The predicted molar refractivity (Wildman–Crippen MR) is 126 cm³/mol. The monoisotopic (exact) mass is 629 g/mol. The van der Waals surface area contributed by atoms with Crippen LogP contribution in [0.3, 0.4) is 0 Å². The van der Waals surface area contributed by atoms with Crippen molar-refractivity contribution in [3.8, 4) is 11.5 Å². The molecule has 142 valence electrons. The van der Waals surface area contributed by atoms with Gasteiger partial charge in [-0.1, -0.05) is 37.9 Å². The quantitative estimate of drug-likeness (QED) is 0.303. The lowest BCUT2D eigenvalue weighted by molar-refractivity contribution is 0.471. The van der Waals surface area contributed by atoms with Crippen molar-refractivity contribution in [2.24, 2.45) is 9.98 Å². The molecule has 0 amide bonds. The number of hydrogen-bond donors (Lipinski definition) is 2. The van der Waals surface area contributed by atoms with Gasteiger partial charge in [0.2, 0.25) is 0 Å². The van der Waals surface area contributed by atoms with Crippen LogP contribution in [-0.4, -0.2) is 27.6 Å². The Morgan fingerprint density at radius 2 is 1.46 bits per heavy atom. The van der Waals surface area contributed by atoms with E-state index in [9.17, 15) is 10.2 Å². The van der Waals surface area contributed by atoms with Gasteiger partial charge in [0, 0.05) is 20.7 Å². The van der Waals surface area contributed by atoms with Gasteiger partial charge < -0.3 is 10.2 Å². The zero-order valence-electron chi connectivity index (χ0n) is 13.9. The van der Waals surface area contributed by atoms with E-state index in [0.717, 1.165) is 8.95 Å². The van der Waals surface area contributed by atoms with Gasteiger partial charge in [-0.25, -0.2) is 9.98 Å². The van der Waals surface area contributed by atoms with Gasteiger partial charge in [-0.05, 0) is 68.3 Å². The number of aromatic nitrogens is 1. The van der Waals surface area contributed by atoms with Crippen LogP contribution in [0.4, 0.5) is 11.5 Å². The van der Waals surface area contributed by atoms with Gasteiger partial charge in [-0.3, -0.25) is 4.99 Å². The summed E-state index contributed by atoms with van der Waals surface area (Å²) < 4.78 is 2.71. The van der Waals surface area contributed by atoms with E-state index in [1.165, 1.54) is 6.21 Å². The molecule has 1 aromatic heterocycles. The molecule has 2 aromatic carbocycles. The standard InChI is InChI=1S/C19H11Br4N3O2/c20-11-4-10(18(27)14(22)5-11)8-25-17-3-1-2-13(26-17)9-24-16-7-12(21)6-15(23)19(16)28/h1-9,27-28H/b24-9?,25-8+. The lowest BCUT2D eigenvalue weighted by Crippen LogP contribution is -1.88. The smallest absolute Gasteiger partial charge is 0.155 e. The third kappa shape index (κ3) is 5.28. The van der Waals surface area contributed by atoms with Gasteiger partial charge in [-0.2, -0.15) is 0 Å². The van der Waals surface area contributed by atoms with E-state index >= 15 is 0 Å². The van der Waals surface area contributed by atoms with E-state index < -0.39 is 0 Å². The summed E-state index contributed by atoms with van der Waals surface area (Å²) in [4.78, 5) is 13.0. The van der Waals surface area contributed by atoms with E-state index in [1.807, 2.05) is 0 Å². The molecule has 2 N–H and O–H groups in total. The molecule has 0 saturated carbocycles. The van der Waals surface area contributed by atoms with Crippen molar-refractivity contribution in [2.45, 2.75) is 0 Å². The number of aromatic hydroxyl groups is 2. The Kier molecular flexibility index (Phi) is 7.03. The third-order valence-electron chi connectivity index (χ3n) is 3.49. The Bertz CT molecular complexity index is 1020. The SMILES string of the molecule is Oc1c(Br)cc(Br)cc1/C=N/c1cccc(C=Nc2cc(Br)cc(Br)c2O)n1. The summed E-state index contributed by atoms with van der Waals surface area (Å²) in [6.07, 6.45) is 3.07. The largest absolute Gasteiger partial charge is 0.506 e. The van der Waals surface area contributed by atoms with Gasteiger partial charge in [0.05, 0.1) is 20.9 Å². The van der Waals surface area contributed by atoms with Crippen LogP contribution in [0.5, 0.6) is 11.5 Å². The first-order valence-corrected chi connectivity index (χ1v) is 10.9. The van der Waals surface area contributed by atoms with Crippen LogP contribution in [0.25, 0.3) is 0 Å². The van der Waals surface area contributed by atoms with Crippen molar-refractivity contribution in [1.29, 1.82) is 0 Å². The van der Waals surface area contributed by atoms with Crippen LogP contribution in [0, 0.1) is 0 Å². The predicted octanol–water partition coefficient (Wildman–Crippen LogP) is 7.04. The number of hydrogen-bond acceptors (Lipinski definition) is 5. The van der Waals surface area contributed by atoms with Gasteiger partial charge in [-0.15, -0.1) is 0 Å². The molecule has 0 saturated heterocycles. The number of phenolic OH excluding ortho intramolecular Hbond substituents is 2. The summed E-state index contributed by atoms with van der Waals surface area (Å²) in [5.41, 5.74) is 1.52. The molecule has 0 fully saturated rings. The minimum Gasteiger partial charge on any atom is -0.506 e. The van der Waals surface area contributed by atoms with Crippen molar-refractivity contribution in [2.75, 3.05) is 0 Å². The first kappa shape index (κ1) is 21.2. The molecule has 0 spiro atoms. The summed E-state index contributed by atoms with van der Waals surface area (Å²) in [6, 6.07) is 12.3. The molecule has 3 rings (SSSR count). The van der Waals surface area contributed by atoms with E-state index in [4.69, 9.17) is 0 Å². The topological polar surface area (TPSA) is 78.1 Å². The Hall–Kier alpha value is -1.55. The second-order valence-corrected chi connectivity index (χ2v) is 9.06. The van der Waals surface area contributed by atoms with Crippen molar-refractivity contribution >= 4 is 87.7 Å². The molecule has 0 unspecified atom stereocenters. The van der Waals surface area contributed by atoms with Crippen LogP contribution in [0.15, 0.2) is 70.3 Å². The van der Waals surface area contributed by atoms with Gasteiger partial charge in [0.1, 0.15) is 11.4 Å². The van der Waals surface area contributed by atoms with E-state index in [-0.39, 0.29) is 11.5 Å². The lowest BCUT2D eigenvalue weighted by Gasteiger charge is -2.03. The highest BCUT2D eigenvalue weighted by Crippen LogP contribution is 2.37. The average molecular weight is 633 g/mol. The van der Waals surface area contributed by atoms with Crippen LogP contribution >= 0.6 is 63.7 Å². The summed E-state index contributed by atoms with van der Waals surface area (Å²) in [5.74, 6) is 0.601. The summed E-state index contributed by atoms with van der Waals surface area (Å²) in [5, 5.41) is 20.2. The Labute approximate surface area is 194 Å². The Morgan fingerprint density at radius 3 is 2.21 bits per heavy atom. The maximum atomic E-state index is 10.1. The van der Waals surface area contributed by atoms with Crippen molar-refractivity contribution < 1.29 is 10.2 Å². The van der Waals surface area contributed by atoms with Crippen LogP contribution in [0.2, 0.25) is 0 Å². The number of nitrogens with zero attached hydrogens (tertiary/aromatic N) is 3. The number of aliphatic imine (C=N–C) groups is 2. The number of benzene rings is 2. The molecule has 0 atom stereocenters. The lowest BCUT2D eigenvalue weighted by atomic mass is 10.2. The summed E-state index contributed by atoms with van der Waals surface area (Å²) in [7, 11) is 0. The molecule has 0 radical (unpaired) electrons. The molecule has 0 aliphatic heterocycles. The number of rotatable bonds is 4. The van der Waals surface area contributed by atoms with Crippen LogP contribution < -0.4 is 0 Å². The highest BCUT2D eigenvalue weighted by Gasteiger charge is 2.07. The van der Waals surface area contributed by atoms with Crippen molar-refractivity contribution in [3.63, 3.8) is 0 Å². The highest BCUT2D eigenvalue weighted by molar-refractivity contribution is 9.11. The van der Waals surface area contributed by atoms with Crippen molar-refractivity contribution in [3.05, 3.63) is 71.6 Å². The van der Waals surface area contributed by atoms with E-state index in [1.54, 1.807) is 48.7 Å². The molecule has 5 nitrogen and oxygen atoms in total. The molecular formula is C19H11Br4N3O2. The number of pyridine rings is 1. The Balaban J connectivity index is 1.85. The number of halogens is 4. The molecular weight excluding hydrogens is 622 g/mol. The molecule has 1 heterocycles. The Morgan fingerprint density at radius 1 is 0.786 bits per heavy atom. The maximum absolute atomic E-state index is 10.1. The zero-order chi connectivity index (χ0) is 20.3. The second-order valence-electron chi connectivity index (χ2n) is 5.52. The number of phenols is 2. The molecule has 28 heavy (non-hydrogen) atoms. The van der Waals surface area contributed by atoms with Crippen LogP contribution in [0.1, 0.15) is 11.3 Å². The fraction of sp³-hybridized carbons (Fsp3) is 0. The first-order chi connectivity index (χ1) is 13.3. The minimum absolute atomic E-state index is 0.0457.